The fraction of sp³-hybridized carbons (Fsp3) is 0. The summed E-state index contributed by atoms with van der Waals surface area (Å²) in [4.78, 5) is 29.5. The first-order chi connectivity index (χ1) is 13.4. The summed E-state index contributed by atoms with van der Waals surface area (Å²) < 4.78 is 0. The second-order valence-corrected chi connectivity index (χ2v) is 5.27. The van der Waals surface area contributed by atoms with Crippen molar-refractivity contribution in [2.45, 2.75) is 0 Å². The summed E-state index contributed by atoms with van der Waals surface area (Å²) in [6.07, 6.45) is 15.2. The monoisotopic (exact) mass is 358 g/mol. The molecule has 0 saturated heterocycles. The molecule has 0 fully saturated rings. The van der Waals surface area contributed by atoms with E-state index in [-0.39, 0.29) is 0 Å². The molecule has 0 unspecified atom stereocenters. The van der Waals surface area contributed by atoms with Crippen LogP contribution < -0.4 is 0 Å². The number of nitrogens with zero attached hydrogens (tertiary/aromatic N) is 7. The Hall–Kier alpha value is -4.21. The SMILES string of the molecule is c1cnc2[nH]ccc2n1.c1ncc2cc[nH]c2n1.c1ncc2cn[nH]c2n1. The lowest BCUT2D eigenvalue weighted by Gasteiger charge is -1.81. The van der Waals surface area contributed by atoms with Crippen LogP contribution in [0.2, 0.25) is 0 Å². The van der Waals surface area contributed by atoms with Crippen molar-refractivity contribution in [1.82, 2.24) is 50.1 Å². The summed E-state index contributed by atoms with van der Waals surface area (Å²) in [6.45, 7) is 0. The summed E-state index contributed by atoms with van der Waals surface area (Å²) in [6, 6.07) is 3.83. The van der Waals surface area contributed by atoms with Crippen molar-refractivity contribution in [3.05, 3.63) is 68.2 Å². The molecular formula is C17H14N10. The highest BCUT2D eigenvalue weighted by atomic mass is 15.1. The topological polar surface area (TPSA) is 138 Å². The molecule has 0 atom stereocenters. The predicted octanol–water partition coefficient (Wildman–Crippen LogP) is 2.27. The lowest BCUT2D eigenvalue weighted by Crippen LogP contribution is -1.75. The van der Waals surface area contributed by atoms with Gasteiger partial charge >= 0.3 is 0 Å². The molecule has 0 aliphatic carbocycles. The van der Waals surface area contributed by atoms with E-state index in [1.165, 1.54) is 12.7 Å². The quantitative estimate of drug-likeness (QED) is 0.378. The van der Waals surface area contributed by atoms with E-state index >= 15 is 0 Å². The first-order valence-corrected chi connectivity index (χ1v) is 7.96. The number of hydrogen-bond acceptors (Lipinski definition) is 7. The van der Waals surface area contributed by atoms with Gasteiger partial charge in [0, 0.05) is 42.6 Å². The van der Waals surface area contributed by atoms with Gasteiger partial charge in [-0.1, -0.05) is 0 Å². The van der Waals surface area contributed by atoms with Crippen LogP contribution in [0.5, 0.6) is 0 Å². The molecule has 3 N–H and O–H groups in total. The molecule has 0 bridgehead atoms. The minimum Gasteiger partial charge on any atom is -0.346 e. The lowest BCUT2D eigenvalue weighted by molar-refractivity contribution is 1.09. The van der Waals surface area contributed by atoms with E-state index in [0.717, 1.165) is 33.2 Å². The maximum atomic E-state index is 4.05. The van der Waals surface area contributed by atoms with Crippen molar-refractivity contribution in [3.8, 4) is 0 Å². The zero-order valence-electron chi connectivity index (χ0n) is 14.0. The Labute approximate surface area is 152 Å². The normalized spacial score (nSPS) is 10.2. The third-order valence-electron chi connectivity index (χ3n) is 3.53. The second kappa shape index (κ2) is 7.78. The molecule has 6 heterocycles. The molecular weight excluding hydrogens is 344 g/mol. The highest BCUT2D eigenvalue weighted by Gasteiger charge is 1.91. The Morgan fingerprint density at radius 1 is 0.630 bits per heavy atom. The van der Waals surface area contributed by atoms with Gasteiger partial charge in [-0.05, 0) is 12.1 Å². The third-order valence-corrected chi connectivity index (χ3v) is 3.53. The molecule has 132 valence electrons. The molecule has 10 nitrogen and oxygen atoms in total. The van der Waals surface area contributed by atoms with Crippen molar-refractivity contribution < 1.29 is 0 Å². The highest BCUT2D eigenvalue weighted by Crippen LogP contribution is 2.04. The van der Waals surface area contributed by atoms with Gasteiger partial charge in [0.25, 0.3) is 0 Å². The van der Waals surface area contributed by atoms with Crippen LogP contribution in [0.3, 0.4) is 0 Å². The Bertz CT molecular complexity index is 1000. The van der Waals surface area contributed by atoms with Crippen molar-refractivity contribution in [3.63, 3.8) is 0 Å². The second-order valence-electron chi connectivity index (χ2n) is 5.27. The molecule has 6 aromatic rings. The van der Waals surface area contributed by atoms with E-state index in [2.05, 4.69) is 50.1 Å². The van der Waals surface area contributed by atoms with Gasteiger partial charge in [-0.15, -0.1) is 0 Å². The van der Waals surface area contributed by atoms with Gasteiger partial charge in [0.15, 0.2) is 11.3 Å². The number of hydrogen-bond donors (Lipinski definition) is 3. The van der Waals surface area contributed by atoms with E-state index in [0.29, 0.717) is 0 Å². The largest absolute Gasteiger partial charge is 0.346 e. The Kier molecular flexibility index (Phi) is 4.69. The van der Waals surface area contributed by atoms with Crippen molar-refractivity contribution in [1.29, 1.82) is 0 Å². The molecule has 0 aromatic carbocycles. The minimum absolute atomic E-state index is 0.782. The van der Waals surface area contributed by atoms with Crippen LogP contribution >= 0.6 is 0 Å². The van der Waals surface area contributed by atoms with Crippen LogP contribution in [0.4, 0.5) is 0 Å². The predicted molar refractivity (Wildman–Crippen MR) is 99.5 cm³/mol. The minimum atomic E-state index is 0.782. The average molecular weight is 358 g/mol. The maximum absolute atomic E-state index is 4.05. The Balaban J connectivity index is 0.0000001000. The van der Waals surface area contributed by atoms with Crippen molar-refractivity contribution in [2.75, 3.05) is 0 Å². The van der Waals surface area contributed by atoms with Crippen LogP contribution in [0.25, 0.3) is 33.2 Å². The van der Waals surface area contributed by atoms with Crippen LogP contribution in [0.15, 0.2) is 68.2 Å². The zero-order valence-corrected chi connectivity index (χ0v) is 14.0. The number of rotatable bonds is 0. The van der Waals surface area contributed by atoms with E-state index < -0.39 is 0 Å². The molecule has 0 saturated carbocycles. The number of aromatic nitrogens is 10. The third kappa shape index (κ3) is 3.90. The van der Waals surface area contributed by atoms with Crippen LogP contribution in [0.1, 0.15) is 0 Å². The van der Waals surface area contributed by atoms with E-state index in [9.17, 15) is 0 Å². The van der Waals surface area contributed by atoms with Crippen molar-refractivity contribution in [2.24, 2.45) is 0 Å². The highest BCUT2D eigenvalue weighted by molar-refractivity contribution is 5.73. The average Bonchev–Trinajstić information content (AvgIpc) is 3.48. The summed E-state index contributed by atoms with van der Waals surface area (Å²) in [7, 11) is 0. The number of nitrogens with one attached hydrogen (secondary N) is 3. The van der Waals surface area contributed by atoms with Crippen LogP contribution in [-0.4, -0.2) is 50.1 Å². The van der Waals surface area contributed by atoms with Gasteiger partial charge in [-0.3, -0.25) is 10.1 Å². The fourth-order valence-corrected chi connectivity index (χ4v) is 2.27. The molecule has 6 rings (SSSR count). The molecule has 0 aliphatic heterocycles. The first-order valence-electron chi connectivity index (χ1n) is 7.96. The van der Waals surface area contributed by atoms with E-state index in [1.54, 1.807) is 31.0 Å². The Morgan fingerprint density at radius 3 is 2.19 bits per heavy atom. The van der Waals surface area contributed by atoms with Gasteiger partial charge < -0.3 is 9.97 Å². The molecule has 10 heteroatoms. The molecule has 0 radical (unpaired) electrons. The summed E-state index contributed by atoms with van der Waals surface area (Å²) in [5.41, 5.74) is 3.44. The van der Waals surface area contributed by atoms with Gasteiger partial charge in [-0.25, -0.2) is 24.9 Å². The number of aromatic amines is 3. The van der Waals surface area contributed by atoms with Crippen LogP contribution in [-0.2, 0) is 0 Å². The smallest absolute Gasteiger partial charge is 0.158 e. The molecule has 0 aliphatic rings. The number of fused-ring (bicyclic) bond motifs is 3. The maximum Gasteiger partial charge on any atom is 0.158 e. The van der Waals surface area contributed by atoms with Gasteiger partial charge in [0.2, 0.25) is 0 Å². The molecule has 0 spiro atoms. The van der Waals surface area contributed by atoms with Gasteiger partial charge in [0.1, 0.15) is 23.8 Å². The fourth-order valence-electron chi connectivity index (χ4n) is 2.27. The zero-order chi connectivity index (χ0) is 18.3. The molecule has 0 amide bonds. The lowest BCUT2D eigenvalue weighted by atomic mass is 10.4. The summed E-state index contributed by atoms with van der Waals surface area (Å²) in [5.74, 6) is 0. The van der Waals surface area contributed by atoms with E-state index in [4.69, 9.17) is 0 Å². The van der Waals surface area contributed by atoms with Gasteiger partial charge in [0.05, 0.1) is 11.6 Å². The number of H-pyrrole nitrogens is 3. The van der Waals surface area contributed by atoms with Crippen LogP contribution in [0, 0.1) is 0 Å². The summed E-state index contributed by atoms with van der Waals surface area (Å²) >= 11 is 0. The molecule has 6 aromatic heterocycles. The van der Waals surface area contributed by atoms with Gasteiger partial charge in [-0.2, -0.15) is 5.10 Å². The molecule has 27 heavy (non-hydrogen) atoms. The standard InChI is InChI=1S/2C6H5N3.C5H4N4/c1-2-8-6-5(1)3-7-4-9-6;1-2-8-6-5(1)7-3-4-9-6;1-4-2-8-9-5(4)7-3-6-1/h1-4H,(H,7,8,9);1-4H,(H,8,9);1-3H,(H,6,7,8,9). The first kappa shape index (κ1) is 16.3. The summed E-state index contributed by atoms with van der Waals surface area (Å²) in [5, 5.41) is 8.49. The van der Waals surface area contributed by atoms with Crippen molar-refractivity contribution >= 4 is 33.2 Å². The van der Waals surface area contributed by atoms with E-state index in [1.807, 2.05) is 24.5 Å². The Morgan fingerprint density at radius 2 is 1.37 bits per heavy atom.